The zero-order valence-electron chi connectivity index (χ0n) is 12.4. The highest BCUT2D eigenvalue weighted by Crippen LogP contribution is 2.07. The van der Waals surface area contributed by atoms with Gasteiger partial charge in [0.05, 0.1) is 0 Å². The summed E-state index contributed by atoms with van der Waals surface area (Å²) in [6.45, 7) is 2.73. The number of hydrogen-bond donors (Lipinski definition) is 3. The Morgan fingerprint density at radius 3 is 2.45 bits per heavy atom. The second kappa shape index (κ2) is 9.58. The van der Waals surface area contributed by atoms with Crippen molar-refractivity contribution in [2.45, 2.75) is 51.0 Å². The predicted molar refractivity (Wildman–Crippen MR) is 77.8 cm³/mol. The highest BCUT2D eigenvalue weighted by Gasteiger charge is 2.17. The summed E-state index contributed by atoms with van der Waals surface area (Å²) in [5, 5.41) is 14.4. The van der Waals surface area contributed by atoms with E-state index < -0.39 is 5.97 Å². The summed E-state index contributed by atoms with van der Waals surface area (Å²) in [7, 11) is 2.10. The number of nitrogens with zero attached hydrogens (tertiary/aromatic N) is 1. The number of carboxylic acid groups (broad SMARTS) is 1. The molecule has 1 fully saturated rings. The first-order valence-electron chi connectivity index (χ1n) is 7.52. The maximum atomic E-state index is 11.7. The molecule has 0 spiro atoms. The molecule has 116 valence electrons. The Kier molecular flexibility index (Phi) is 8.02. The van der Waals surface area contributed by atoms with Gasteiger partial charge in [0.1, 0.15) is 0 Å². The Labute approximate surface area is 120 Å². The Bertz CT molecular complexity index is 302. The van der Waals surface area contributed by atoms with E-state index in [1.807, 2.05) is 0 Å². The highest BCUT2D eigenvalue weighted by atomic mass is 16.4. The molecular weight excluding hydrogens is 258 g/mol. The number of carbonyl (C=O) groups excluding carboxylic acids is 1. The van der Waals surface area contributed by atoms with E-state index in [9.17, 15) is 9.59 Å². The summed E-state index contributed by atoms with van der Waals surface area (Å²) in [4.78, 5) is 24.2. The molecule has 0 saturated carbocycles. The Balaban J connectivity index is 1.94. The number of aliphatic carboxylic acids is 1. The van der Waals surface area contributed by atoms with Crippen molar-refractivity contribution in [1.29, 1.82) is 0 Å². The molecule has 1 rings (SSSR count). The van der Waals surface area contributed by atoms with Crippen molar-refractivity contribution in [3.8, 4) is 0 Å². The molecule has 0 aromatic carbocycles. The SMILES string of the molecule is CN1CCC(NC(=O)NCCCCCCC(=O)O)CC1. The monoisotopic (exact) mass is 285 g/mol. The minimum atomic E-state index is -0.736. The van der Waals surface area contributed by atoms with Crippen LogP contribution >= 0.6 is 0 Å². The fraction of sp³-hybridized carbons (Fsp3) is 0.857. The van der Waals surface area contributed by atoms with E-state index in [0.717, 1.165) is 51.6 Å². The van der Waals surface area contributed by atoms with Gasteiger partial charge in [0.2, 0.25) is 0 Å². The molecule has 1 aliphatic heterocycles. The van der Waals surface area contributed by atoms with Gasteiger partial charge in [-0.3, -0.25) is 4.79 Å². The molecule has 0 aliphatic carbocycles. The molecule has 0 radical (unpaired) electrons. The fourth-order valence-electron chi connectivity index (χ4n) is 2.35. The molecule has 1 heterocycles. The van der Waals surface area contributed by atoms with E-state index in [1.54, 1.807) is 0 Å². The van der Waals surface area contributed by atoms with E-state index >= 15 is 0 Å². The molecule has 0 bridgehead atoms. The van der Waals surface area contributed by atoms with Gasteiger partial charge in [0.25, 0.3) is 0 Å². The summed E-state index contributed by atoms with van der Waals surface area (Å²) in [6, 6.07) is 0.215. The quantitative estimate of drug-likeness (QED) is 0.589. The molecule has 6 nitrogen and oxygen atoms in total. The maximum absolute atomic E-state index is 11.7. The largest absolute Gasteiger partial charge is 0.481 e. The van der Waals surface area contributed by atoms with Crippen LogP contribution in [0, 0.1) is 0 Å². The minimum absolute atomic E-state index is 0.0786. The van der Waals surface area contributed by atoms with Gasteiger partial charge in [0, 0.05) is 19.0 Å². The third kappa shape index (κ3) is 7.99. The molecule has 0 aromatic heterocycles. The van der Waals surface area contributed by atoms with Crippen LogP contribution in [0.1, 0.15) is 44.9 Å². The van der Waals surface area contributed by atoms with Gasteiger partial charge < -0.3 is 20.6 Å². The van der Waals surface area contributed by atoms with Gasteiger partial charge >= 0.3 is 12.0 Å². The van der Waals surface area contributed by atoms with Gasteiger partial charge in [-0.25, -0.2) is 4.79 Å². The number of nitrogens with one attached hydrogen (secondary N) is 2. The number of carbonyl (C=O) groups is 2. The average Bonchev–Trinajstić information content (AvgIpc) is 2.40. The smallest absolute Gasteiger partial charge is 0.315 e. The number of rotatable bonds is 8. The minimum Gasteiger partial charge on any atom is -0.481 e. The van der Waals surface area contributed by atoms with Crippen molar-refractivity contribution in [3.05, 3.63) is 0 Å². The highest BCUT2D eigenvalue weighted by molar-refractivity contribution is 5.74. The number of amides is 2. The molecule has 2 amide bonds. The van der Waals surface area contributed by atoms with Crippen LogP contribution in [0.4, 0.5) is 4.79 Å². The summed E-state index contributed by atoms with van der Waals surface area (Å²) in [6.07, 6.45) is 5.76. The van der Waals surface area contributed by atoms with Crippen LogP contribution in [0.3, 0.4) is 0 Å². The van der Waals surface area contributed by atoms with Crippen molar-refractivity contribution < 1.29 is 14.7 Å². The average molecular weight is 285 g/mol. The summed E-state index contributed by atoms with van der Waals surface area (Å²) >= 11 is 0. The predicted octanol–water partition coefficient (Wildman–Crippen LogP) is 1.41. The molecule has 1 saturated heterocycles. The Hall–Kier alpha value is -1.30. The van der Waals surface area contributed by atoms with E-state index in [0.29, 0.717) is 12.6 Å². The number of urea groups is 1. The zero-order chi connectivity index (χ0) is 14.8. The topological polar surface area (TPSA) is 81.7 Å². The van der Waals surface area contributed by atoms with Gasteiger partial charge in [0.15, 0.2) is 0 Å². The lowest BCUT2D eigenvalue weighted by Gasteiger charge is -2.29. The third-order valence-electron chi connectivity index (χ3n) is 3.66. The number of likely N-dealkylation sites (tertiary alicyclic amines) is 1. The lowest BCUT2D eigenvalue weighted by atomic mass is 10.1. The second-order valence-electron chi connectivity index (χ2n) is 5.54. The van der Waals surface area contributed by atoms with Crippen LogP contribution in [0.15, 0.2) is 0 Å². The van der Waals surface area contributed by atoms with Crippen LogP contribution < -0.4 is 10.6 Å². The maximum Gasteiger partial charge on any atom is 0.315 e. The third-order valence-corrected chi connectivity index (χ3v) is 3.66. The summed E-state index contributed by atoms with van der Waals surface area (Å²) in [5.74, 6) is -0.736. The van der Waals surface area contributed by atoms with Gasteiger partial charge in [-0.1, -0.05) is 12.8 Å². The van der Waals surface area contributed by atoms with E-state index in [4.69, 9.17) is 5.11 Å². The van der Waals surface area contributed by atoms with Crippen molar-refractivity contribution in [2.24, 2.45) is 0 Å². The number of carboxylic acids is 1. The van der Waals surface area contributed by atoms with E-state index in [1.165, 1.54) is 0 Å². The molecule has 0 atom stereocenters. The first kappa shape index (κ1) is 16.8. The number of unbranched alkanes of at least 4 members (excludes halogenated alkanes) is 3. The van der Waals surface area contributed by atoms with Crippen molar-refractivity contribution in [2.75, 3.05) is 26.7 Å². The number of hydrogen-bond acceptors (Lipinski definition) is 3. The lowest BCUT2D eigenvalue weighted by Crippen LogP contribution is -2.47. The first-order valence-corrected chi connectivity index (χ1v) is 7.52. The van der Waals surface area contributed by atoms with Crippen LogP contribution in [0.5, 0.6) is 0 Å². The second-order valence-corrected chi connectivity index (χ2v) is 5.54. The zero-order valence-corrected chi connectivity index (χ0v) is 12.4. The number of piperidine rings is 1. The molecule has 0 aromatic rings. The van der Waals surface area contributed by atoms with Crippen molar-refractivity contribution in [1.82, 2.24) is 15.5 Å². The first-order chi connectivity index (χ1) is 9.58. The lowest BCUT2D eigenvalue weighted by molar-refractivity contribution is -0.137. The van der Waals surface area contributed by atoms with Crippen molar-refractivity contribution >= 4 is 12.0 Å². The van der Waals surface area contributed by atoms with Crippen LogP contribution in [0.25, 0.3) is 0 Å². The Morgan fingerprint density at radius 1 is 1.15 bits per heavy atom. The Morgan fingerprint density at radius 2 is 1.80 bits per heavy atom. The summed E-state index contributed by atoms with van der Waals surface area (Å²) < 4.78 is 0. The molecule has 0 unspecified atom stereocenters. The molecule has 3 N–H and O–H groups in total. The molecule has 6 heteroatoms. The van der Waals surface area contributed by atoms with E-state index in [2.05, 4.69) is 22.6 Å². The fourth-order valence-corrected chi connectivity index (χ4v) is 2.35. The standard InChI is InChI=1S/C14H27N3O3/c1-17-10-7-12(8-11-17)16-14(20)15-9-5-3-2-4-6-13(18)19/h12H,2-11H2,1H3,(H,18,19)(H2,15,16,20). The van der Waals surface area contributed by atoms with Crippen LogP contribution in [0.2, 0.25) is 0 Å². The van der Waals surface area contributed by atoms with Gasteiger partial charge in [-0.15, -0.1) is 0 Å². The van der Waals surface area contributed by atoms with E-state index in [-0.39, 0.29) is 12.5 Å². The van der Waals surface area contributed by atoms with Gasteiger partial charge in [-0.2, -0.15) is 0 Å². The van der Waals surface area contributed by atoms with Crippen molar-refractivity contribution in [3.63, 3.8) is 0 Å². The van der Waals surface area contributed by atoms with Crippen LogP contribution in [-0.2, 0) is 4.79 Å². The molecule has 20 heavy (non-hydrogen) atoms. The van der Waals surface area contributed by atoms with Crippen LogP contribution in [-0.4, -0.2) is 54.7 Å². The van der Waals surface area contributed by atoms with Gasteiger partial charge in [-0.05, 0) is 45.8 Å². The molecular formula is C14H27N3O3. The molecule has 1 aliphatic rings. The normalized spacial score (nSPS) is 16.9. The summed E-state index contributed by atoms with van der Waals surface area (Å²) in [5.41, 5.74) is 0.